The number of benzene rings is 4. The summed E-state index contributed by atoms with van der Waals surface area (Å²) in [5.74, 6) is -0.0621. The molecule has 0 fully saturated rings. The van der Waals surface area contributed by atoms with E-state index < -0.39 is 11.8 Å². The number of hydrogen-bond acceptors (Lipinski definition) is 8. The van der Waals surface area contributed by atoms with E-state index in [-0.39, 0.29) is 17.4 Å². The van der Waals surface area contributed by atoms with Gasteiger partial charge in [-0.15, -0.1) is 23.1 Å². The average molecular weight is 665 g/mol. The van der Waals surface area contributed by atoms with Crippen LogP contribution in [0.25, 0.3) is 17.3 Å². The highest BCUT2D eigenvalue weighted by Gasteiger charge is 2.18. The maximum atomic E-state index is 13.5. The number of rotatable bonds is 12. The fraction of sp³-hybridized carbons (Fsp3) is 0.111. The lowest BCUT2D eigenvalue weighted by Crippen LogP contribution is -2.30. The third kappa shape index (κ3) is 8.87. The second-order valence-corrected chi connectivity index (χ2v) is 12.1. The van der Waals surface area contributed by atoms with Crippen LogP contribution in [0.15, 0.2) is 113 Å². The van der Waals surface area contributed by atoms with Crippen LogP contribution in [0.2, 0.25) is 0 Å². The lowest BCUT2D eigenvalue weighted by molar-refractivity contribution is -0.114. The van der Waals surface area contributed by atoms with Gasteiger partial charge in [-0.1, -0.05) is 60.2 Å². The van der Waals surface area contributed by atoms with Gasteiger partial charge in [0.05, 0.1) is 25.7 Å². The van der Waals surface area contributed by atoms with Gasteiger partial charge in [-0.3, -0.25) is 14.4 Å². The van der Waals surface area contributed by atoms with Gasteiger partial charge in [0, 0.05) is 32.7 Å². The molecule has 3 amide bonds. The fourth-order valence-corrected chi connectivity index (χ4v) is 5.88. The van der Waals surface area contributed by atoms with Crippen molar-refractivity contribution in [3.05, 3.63) is 125 Å². The van der Waals surface area contributed by atoms with Gasteiger partial charge in [0.1, 0.15) is 5.70 Å². The van der Waals surface area contributed by atoms with Gasteiger partial charge in [-0.2, -0.15) is 0 Å². The lowest BCUT2D eigenvalue weighted by Gasteiger charge is -2.14. The summed E-state index contributed by atoms with van der Waals surface area (Å²) in [6.07, 6.45) is 1.53. The SMILES string of the molecule is COc1cccc(/C=C(\NC(=O)c2ccccc2)C(=O)Nc2ccc(SCC(=O)Nc3nc(-c4ccc(C)cc4)cs3)cc2)c1OC. The number of thiazole rings is 1. The van der Waals surface area contributed by atoms with Crippen LogP contribution < -0.4 is 25.4 Å². The maximum Gasteiger partial charge on any atom is 0.272 e. The molecule has 11 heteroatoms. The van der Waals surface area contributed by atoms with E-state index >= 15 is 0 Å². The molecule has 47 heavy (non-hydrogen) atoms. The molecule has 0 bridgehead atoms. The van der Waals surface area contributed by atoms with Gasteiger partial charge in [0.2, 0.25) is 5.91 Å². The molecule has 5 rings (SSSR count). The third-order valence-electron chi connectivity index (χ3n) is 6.84. The number of methoxy groups -OCH3 is 2. The molecule has 238 valence electrons. The van der Waals surface area contributed by atoms with Crippen LogP contribution >= 0.6 is 23.1 Å². The van der Waals surface area contributed by atoms with Crippen molar-refractivity contribution in [3.8, 4) is 22.8 Å². The topological polar surface area (TPSA) is 119 Å². The summed E-state index contributed by atoms with van der Waals surface area (Å²) in [7, 11) is 3.02. The van der Waals surface area contributed by atoms with E-state index in [0.717, 1.165) is 16.2 Å². The minimum Gasteiger partial charge on any atom is -0.493 e. The summed E-state index contributed by atoms with van der Waals surface area (Å²) in [4.78, 5) is 44.5. The normalized spacial score (nSPS) is 11.0. The Morgan fingerprint density at radius 3 is 2.30 bits per heavy atom. The molecule has 0 spiro atoms. The van der Waals surface area contributed by atoms with E-state index in [4.69, 9.17) is 9.47 Å². The number of amides is 3. The summed E-state index contributed by atoms with van der Waals surface area (Å²) in [6, 6.07) is 29.0. The summed E-state index contributed by atoms with van der Waals surface area (Å²) in [5, 5.41) is 10.9. The predicted molar refractivity (Wildman–Crippen MR) is 188 cm³/mol. The molecule has 0 aliphatic heterocycles. The molecule has 0 saturated carbocycles. The number of carbonyl (C=O) groups excluding carboxylic acids is 3. The minimum absolute atomic E-state index is 0.00764. The number of carbonyl (C=O) groups is 3. The highest BCUT2D eigenvalue weighted by atomic mass is 32.2. The van der Waals surface area contributed by atoms with E-state index in [1.807, 2.05) is 48.7 Å². The molecule has 0 aliphatic rings. The highest BCUT2D eigenvalue weighted by Crippen LogP contribution is 2.32. The number of anilines is 2. The molecule has 3 N–H and O–H groups in total. The van der Waals surface area contributed by atoms with Gasteiger partial charge in [-0.25, -0.2) is 4.98 Å². The van der Waals surface area contributed by atoms with Crippen molar-refractivity contribution in [2.45, 2.75) is 11.8 Å². The number of hydrogen-bond donors (Lipinski definition) is 3. The largest absolute Gasteiger partial charge is 0.493 e. The first-order chi connectivity index (χ1) is 22.8. The standard InChI is InChI=1S/C36H32N4O5S2/c1-23-12-14-24(15-13-23)30-21-47-36(39-30)40-32(41)22-46-28-18-16-27(17-19-28)37-35(43)29(38-34(42)25-8-5-4-6-9-25)20-26-10-7-11-31(44-2)33(26)45-3/h4-21H,22H2,1-3H3,(H,37,43)(H,38,42)(H,39,40,41)/b29-20-. The van der Waals surface area contributed by atoms with E-state index in [9.17, 15) is 14.4 Å². The zero-order valence-corrected chi connectivity index (χ0v) is 27.5. The predicted octanol–water partition coefficient (Wildman–Crippen LogP) is 7.28. The average Bonchev–Trinajstić information content (AvgIpc) is 3.56. The second-order valence-electron chi connectivity index (χ2n) is 10.2. The Morgan fingerprint density at radius 1 is 0.851 bits per heavy atom. The fourth-order valence-electron chi connectivity index (χ4n) is 4.45. The zero-order valence-electron chi connectivity index (χ0n) is 25.9. The van der Waals surface area contributed by atoms with Crippen LogP contribution in [0.1, 0.15) is 21.5 Å². The minimum atomic E-state index is -0.535. The Morgan fingerprint density at radius 2 is 1.60 bits per heavy atom. The molecule has 0 radical (unpaired) electrons. The molecule has 1 heterocycles. The second kappa shape index (κ2) is 15.7. The Bertz CT molecular complexity index is 1890. The van der Waals surface area contributed by atoms with Crippen LogP contribution in [-0.4, -0.2) is 42.7 Å². The first-order valence-corrected chi connectivity index (χ1v) is 16.3. The van der Waals surface area contributed by atoms with E-state index in [0.29, 0.717) is 33.4 Å². The monoisotopic (exact) mass is 664 g/mol. The maximum absolute atomic E-state index is 13.5. The van der Waals surface area contributed by atoms with E-state index in [2.05, 4.69) is 20.9 Å². The molecule has 5 aromatic rings. The Balaban J connectivity index is 1.23. The quantitative estimate of drug-likeness (QED) is 0.0948. The van der Waals surface area contributed by atoms with Crippen LogP contribution in [0.4, 0.5) is 10.8 Å². The van der Waals surface area contributed by atoms with Gasteiger partial charge in [0.15, 0.2) is 16.6 Å². The Labute approximate surface area is 281 Å². The van der Waals surface area contributed by atoms with Crippen molar-refractivity contribution in [1.29, 1.82) is 0 Å². The molecule has 0 unspecified atom stereocenters. The van der Waals surface area contributed by atoms with Crippen molar-refractivity contribution in [2.75, 3.05) is 30.6 Å². The number of ether oxygens (including phenoxy) is 2. The van der Waals surface area contributed by atoms with Crippen LogP contribution in [0, 0.1) is 6.92 Å². The molecule has 0 aliphatic carbocycles. The smallest absolute Gasteiger partial charge is 0.272 e. The van der Waals surface area contributed by atoms with Crippen molar-refractivity contribution in [2.24, 2.45) is 0 Å². The van der Waals surface area contributed by atoms with E-state index in [1.165, 1.54) is 49.0 Å². The van der Waals surface area contributed by atoms with Crippen molar-refractivity contribution >= 4 is 57.7 Å². The number of nitrogens with one attached hydrogen (secondary N) is 3. The summed E-state index contributed by atoms with van der Waals surface area (Å²) >= 11 is 2.74. The summed E-state index contributed by atoms with van der Waals surface area (Å²) < 4.78 is 10.9. The summed E-state index contributed by atoms with van der Waals surface area (Å²) in [6.45, 7) is 2.03. The molecule has 9 nitrogen and oxygen atoms in total. The van der Waals surface area contributed by atoms with Crippen molar-refractivity contribution < 1.29 is 23.9 Å². The number of thioether (sulfide) groups is 1. The van der Waals surface area contributed by atoms with Gasteiger partial charge >= 0.3 is 0 Å². The van der Waals surface area contributed by atoms with Crippen molar-refractivity contribution in [1.82, 2.24) is 10.3 Å². The molecule has 4 aromatic carbocycles. The number of aryl methyl sites for hydroxylation is 1. The first-order valence-electron chi connectivity index (χ1n) is 14.5. The Hall–Kier alpha value is -5.39. The molecular weight excluding hydrogens is 633 g/mol. The number of aromatic nitrogens is 1. The lowest BCUT2D eigenvalue weighted by atomic mass is 10.1. The number of nitrogens with zero attached hydrogens (tertiary/aromatic N) is 1. The number of para-hydroxylation sites is 1. The van der Waals surface area contributed by atoms with Crippen LogP contribution in [-0.2, 0) is 9.59 Å². The highest BCUT2D eigenvalue weighted by molar-refractivity contribution is 8.00. The van der Waals surface area contributed by atoms with Gasteiger partial charge in [-0.05, 0) is 55.5 Å². The molecule has 1 aromatic heterocycles. The van der Waals surface area contributed by atoms with Crippen LogP contribution in [0.5, 0.6) is 11.5 Å². The van der Waals surface area contributed by atoms with Gasteiger partial charge < -0.3 is 25.4 Å². The molecule has 0 atom stereocenters. The Kier molecular flexibility index (Phi) is 11.1. The van der Waals surface area contributed by atoms with Crippen molar-refractivity contribution in [3.63, 3.8) is 0 Å². The molecular formula is C36H32N4O5S2. The van der Waals surface area contributed by atoms with E-state index in [1.54, 1.807) is 60.7 Å². The zero-order chi connectivity index (χ0) is 33.2. The summed E-state index contributed by atoms with van der Waals surface area (Å²) in [5.41, 5.74) is 4.44. The third-order valence-corrected chi connectivity index (χ3v) is 8.61. The van der Waals surface area contributed by atoms with Gasteiger partial charge in [0.25, 0.3) is 11.8 Å². The van der Waals surface area contributed by atoms with Crippen LogP contribution in [0.3, 0.4) is 0 Å². The first kappa shape index (κ1) is 33.0. The molecule has 0 saturated heterocycles.